The van der Waals surface area contributed by atoms with E-state index in [1.165, 1.54) is 31.2 Å². The van der Waals surface area contributed by atoms with E-state index < -0.39 is 35.6 Å². The molecule has 0 aliphatic carbocycles. The molecule has 0 radical (unpaired) electrons. The molecule has 7 nitrogen and oxygen atoms in total. The zero-order chi connectivity index (χ0) is 24.7. The first-order chi connectivity index (χ1) is 16.0. The highest BCUT2D eigenvalue weighted by atomic mass is 19.4. The van der Waals surface area contributed by atoms with Crippen molar-refractivity contribution in [1.29, 1.82) is 0 Å². The van der Waals surface area contributed by atoms with Gasteiger partial charge in [0, 0.05) is 5.39 Å². The van der Waals surface area contributed by atoms with Crippen LogP contribution in [0.5, 0.6) is 0 Å². The number of nitrogens with two attached hydrogens (primary N) is 1. The predicted octanol–water partition coefficient (Wildman–Crippen LogP) is 3.94. The molecule has 4 rings (SSSR count). The van der Waals surface area contributed by atoms with E-state index in [2.05, 4.69) is 15.3 Å². The molecule has 2 aromatic heterocycles. The van der Waals surface area contributed by atoms with Crippen molar-refractivity contribution in [1.82, 2.24) is 20.0 Å². The number of primary amides is 1. The van der Waals surface area contributed by atoms with Gasteiger partial charge in [-0.2, -0.15) is 13.2 Å². The maximum Gasteiger partial charge on any atom is 0.423 e. The number of aliphatic hydroxyl groups is 1. The number of nitrogens with zero attached hydrogens (tertiary/aromatic N) is 4. The quantitative estimate of drug-likeness (QED) is 0.413. The lowest BCUT2D eigenvalue weighted by Crippen LogP contribution is -2.42. The number of aromatic nitrogens is 4. The van der Waals surface area contributed by atoms with E-state index in [-0.39, 0.29) is 12.2 Å². The van der Waals surface area contributed by atoms with Crippen LogP contribution in [0.15, 0.2) is 54.7 Å². The number of halogens is 4. The van der Waals surface area contributed by atoms with Crippen LogP contribution in [0.1, 0.15) is 35.1 Å². The van der Waals surface area contributed by atoms with Crippen molar-refractivity contribution in [3.63, 3.8) is 0 Å². The monoisotopic (exact) mass is 473 g/mol. The summed E-state index contributed by atoms with van der Waals surface area (Å²) in [6.07, 6.45) is -4.49. The van der Waals surface area contributed by atoms with E-state index in [1.54, 1.807) is 24.3 Å². The summed E-state index contributed by atoms with van der Waals surface area (Å²) in [7, 11) is 0. The van der Waals surface area contributed by atoms with Crippen LogP contribution < -0.4 is 5.73 Å². The van der Waals surface area contributed by atoms with Gasteiger partial charge < -0.3 is 10.8 Å². The zero-order valence-electron chi connectivity index (χ0n) is 17.8. The molecule has 11 heteroatoms. The second kappa shape index (κ2) is 8.49. The highest BCUT2D eigenvalue weighted by Crippen LogP contribution is 2.40. The molecule has 0 saturated carbocycles. The number of fused-ring (bicyclic) bond motifs is 1. The van der Waals surface area contributed by atoms with E-state index in [0.717, 1.165) is 10.9 Å². The Balaban J connectivity index is 1.74. The molecule has 1 atom stereocenters. The molecule has 2 aromatic carbocycles. The summed E-state index contributed by atoms with van der Waals surface area (Å²) >= 11 is 0. The molecule has 0 aliphatic heterocycles. The Labute approximate surface area is 190 Å². The number of alkyl halides is 3. The number of carbonyl (C=O) groups is 1. The Hall–Kier alpha value is -3.86. The Bertz CT molecular complexity index is 1390. The molecule has 0 fully saturated rings. The second-order valence-electron chi connectivity index (χ2n) is 7.79. The number of amides is 1. The molecule has 176 valence electrons. The summed E-state index contributed by atoms with van der Waals surface area (Å²) in [5.74, 6) is -1.22. The molecule has 4 aromatic rings. The van der Waals surface area contributed by atoms with Crippen molar-refractivity contribution >= 4 is 16.8 Å². The fourth-order valence-electron chi connectivity index (χ4n) is 3.67. The van der Waals surface area contributed by atoms with E-state index in [4.69, 9.17) is 5.73 Å². The van der Waals surface area contributed by atoms with Crippen LogP contribution in [-0.2, 0) is 12.1 Å². The minimum Gasteiger partial charge on any atom is -0.375 e. The maximum absolute atomic E-state index is 13.8. The van der Waals surface area contributed by atoms with E-state index in [1.807, 2.05) is 0 Å². The van der Waals surface area contributed by atoms with Crippen LogP contribution in [0, 0.1) is 5.82 Å². The molecule has 0 unspecified atom stereocenters. The third kappa shape index (κ3) is 4.21. The minimum absolute atomic E-state index is 0.0230. The summed E-state index contributed by atoms with van der Waals surface area (Å²) in [6, 6.07) is 12.4. The lowest BCUT2D eigenvalue weighted by atomic mass is 9.96. The number of pyridine rings is 1. The number of carbonyl (C=O) groups excluding carboxylic acids is 1. The average Bonchev–Trinajstić information content (AvgIpc) is 3.25. The Kier molecular flexibility index (Phi) is 5.82. The van der Waals surface area contributed by atoms with E-state index in [9.17, 15) is 27.5 Å². The van der Waals surface area contributed by atoms with Gasteiger partial charge in [-0.3, -0.25) is 4.79 Å². The van der Waals surface area contributed by atoms with Gasteiger partial charge in [0.15, 0.2) is 0 Å². The lowest BCUT2D eigenvalue weighted by Gasteiger charge is -2.26. The van der Waals surface area contributed by atoms with Gasteiger partial charge >= 0.3 is 6.18 Å². The second-order valence-corrected chi connectivity index (χ2v) is 7.79. The highest BCUT2D eigenvalue weighted by molar-refractivity contribution is 6.00. The van der Waals surface area contributed by atoms with Crippen LogP contribution in [0.3, 0.4) is 0 Å². The fraction of sp³-hybridized carbons (Fsp3) is 0.217. The van der Waals surface area contributed by atoms with Crippen molar-refractivity contribution in [3.05, 3.63) is 77.5 Å². The molecule has 3 N–H and O–H groups in total. The average molecular weight is 473 g/mol. The summed E-state index contributed by atoms with van der Waals surface area (Å²) in [6.45, 7) is 1.23. The van der Waals surface area contributed by atoms with Crippen molar-refractivity contribution in [2.75, 3.05) is 0 Å². The van der Waals surface area contributed by atoms with Gasteiger partial charge in [0.2, 0.25) is 5.60 Å². The van der Waals surface area contributed by atoms with Crippen molar-refractivity contribution < 1.29 is 27.5 Å². The topological polar surface area (TPSA) is 107 Å². The lowest BCUT2D eigenvalue weighted by molar-refractivity contribution is -0.269. The molecule has 0 saturated heterocycles. The van der Waals surface area contributed by atoms with Crippen molar-refractivity contribution in [3.8, 4) is 11.1 Å². The van der Waals surface area contributed by atoms with Gasteiger partial charge in [-0.1, -0.05) is 36.4 Å². The molecular formula is C23H19F4N5O2. The number of hydrogen-bond acceptors (Lipinski definition) is 5. The smallest absolute Gasteiger partial charge is 0.375 e. The first-order valence-electron chi connectivity index (χ1n) is 10.2. The first-order valence-corrected chi connectivity index (χ1v) is 10.2. The van der Waals surface area contributed by atoms with Gasteiger partial charge in [0.05, 0.1) is 18.3 Å². The van der Waals surface area contributed by atoms with Gasteiger partial charge in [-0.05, 0) is 47.4 Å². The largest absolute Gasteiger partial charge is 0.423 e. The van der Waals surface area contributed by atoms with Gasteiger partial charge in [0.25, 0.3) is 5.91 Å². The molecular weight excluding hydrogens is 454 g/mol. The summed E-state index contributed by atoms with van der Waals surface area (Å²) in [5.41, 5.74) is 3.73. The Morgan fingerprint density at radius 1 is 1.15 bits per heavy atom. The minimum atomic E-state index is -4.91. The van der Waals surface area contributed by atoms with Gasteiger partial charge in [-0.15, -0.1) is 5.10 Å². The van der Waals surface area contributed by atoms with E-state index >= 15 is 0 Å². The molecule has 2 heterocycles. The van der Waals surface area contributed by atoms with Crippen LogP contribution in [0.25, 0.3) is 22.0 Å². The van der Waals surface area contributed by atoms with Crippen LogP contribution in [-0.4, -0.2) is 37.2 Å². The maximum atomic E-state index is 13.8. The summed E-state index contributed by atoms with van der Waals surface area (Å²) < 4.78 is 54.9. The normalized spacial score (nSPS) is 13.7. The van der Waals surface area contributed by atoms with Crippen molar-refractivity contribution in [2.24, 2.45) is 5.73 Å². The summed E-state index contributed by atoms with van der Waals surface area (Å²) in [5, 5.41) is 17.9. The van der Waals surface area contributed by atoms with Crippen molar-refractivity contribution in [2.45, 2.75) is 31.7 Å². The third-order valence-corrected chi connectivity index (χ3v) is 5.55. The Morgan fingerprint density at radius 2 is 1.91 bits per heavy atom. The number of hydrogen-bond donors (Lipinski definition) is 2. The number of rotatable bonds is 6. The standard InChI is InChI=1S/C23H19F4N5O2/c1-2-22(34,23(25,26)27)20-12-32(31-30-20)11-13-6-7-16-17(14-4-3-5-15(24)9-14)10-19(21(28)33)29-18(16)8-13/h3-10,12,34H,2,11H2,1H3,(H2,28,33)/t22-/m0/s1. The third-order valence-electron chi connectivity index (χ3n) is 5.55. The first kappa shape index (κ1) is 23.3. The Morgan fingerprint density at radius 3 is 2.56 bits per heavy atom. The molecule has 34 heavy (non-hydrogen) atoms. The van der Waals surface area contributed by atoms with E-state index in [0.29, 0.717) is 27.6 Å². The molecule has 0 aliphatic rings. The predicted molar refractivity (Wildman–Crippen MR) is 115 cm³/mol. The van der Waals surface area contributed by atoms with Crippen LogP contribution in [0.2, 0.25) is 0 Å². The fourth-order valence-corrected chi connectivity index (χ4v) is 3.67. The van der Waals surface area contributed by atoms with Gasteiger partial charge in [0.1, 0.15) is 17.2 Å². The van der Waals surface area contributed by atoms with Crippen LogP contribution >= 0.6 is 0 Å². The SMILES string of the molecule is CC[C@](O)(c1cn(Cc2ccc3c(-c4cccc(F)c4)cc(C(N)=O)nc3c2)nn1)C(F)(F)F. The molecule has 1 amide bonds. The number of benzene rings is 2. The van der Waals surface area contributed by atoms with Gasteiger partial charge in [-0.25, -0.2) is 14.1 Å². The molecule has 0 bridgehead atoms. The zero-order valence-corrected chi connectivity index (χ0v) is 17.8. The highest BCUT2D eigenvalue weighted by Gasteiger charge is 2.55. The molecule has 0 spiro atoms. The summed E-state index contributed by atoms with van der Waals surface area (Å²) in [4.78, 5) is 16.1. The van der Waals surface area contributed by atoms with Crippen LogP contribution in [0.4, 0.5) is 17.6 Å².